The van der Waals surface area contributed by atoms with Gasteiger partial charge in [-0.15, -0.1) is 0 Å². The van der Waals surface area contributed by atoms with Crippen LogP contribution >= 0.6 is 0 Å². The molecule has 0 bridgehead atoms. The lowest BCUT2D eigenvalue weighted by Crippen LogP contribution is -2.44. The van der Waals surface area contributed by atoms with E-state index in [-0.39, 0.29) is 24.4 Å². The van der Waals surface area contributed by atoms with E-state index in [2.05, 4.69) is 28.8 Å². The highest BCUT2D eigenvalue weighted by atomic mass is 16.5. The van der Waals surface area contributed by atoms with Crippen LogP contribution in [0.5, 0.6) is 17.2 Å². The van der Waals surface area contributed by atoms with Crippen molar-refractivity contribution in [3.63, 3.8) is 0 Å². The van der Waals surface area contributed by atoms with Gasteiger partial charge in [0.25, 0.3) is 0 Å². The molecule has 1 aliphatic rings. The van der Waals surface area contributed by atoms with Crippen LogP contribution in [0.25, 0.3) is 16.7 Å². The van der Waals surface area contributed by atoms with Crippen molar-refractivity contribution in [2.24, 2.45) is 0 Å². The van der Waals surface area contributed by atoms with E-state index in [1.165, 1.54) is 10.8 Å². The predicted molar refractivity (Wildman–Crippen MR) is 133 cm³/mol. The summed E-state index contributed by atoms with van der Waals surface area (Å²) in [7, 11) is 4.67. The topological polar surface area (TPSA) is 105 Å². The van der Waals surface area contributed by atoms with Crippen LogP contribution in [0, 0.1) is 0 Å². The first-order valence-electron chi connectivity index (χ1n) is 11.8. The van der Waals surface area contributed by atoms with Gasteiger partial charge in [0.05, 0.1) is 45.5 Å². The molecule has 0 amide bonds. The first kappa shape index (κ1) is 24.0. The second-order valence-corrected chi connectivity index (χ2v) is 9.06. The van der Waals surface area contributed by atoms with Gasteiger partial charge in [-0.3, -0.25) is 9.47 Å². The van der Waals surface area contributed by atoms with Crippen LogP contribution in [-0.2, 0) is 17.8 Å². The molecule has 5 rings (SSSR count). The molecule has 11 heteroatoms. The molecule has 0 radical (unpaired) electrons. The molecule has 1 saturated heterocycles. The Balaban J connectivity index is 1.58. The van der Waals surface area contributed by atoms with Crippen LogP contribution < -0.4 is 19.9 Å². The standard InChI is InChI=1S/C25H30N6O5/c1-15-10-29(11-16(2)36-15)12-18-6-19-23(26-9-18)30(25(32)31-24(19)27-14-28-31)13-17-7-20(33-3)22(35-5)21(8-17)34-4/h6-9,14-16H,10-13H2,1-5H3. The van der Waals surface area contributed by atoms with E-state index < -0.39 is 0 Å². The molecule has 4 heterocycles. The molecule has 190 valence electrons. The van der Waals surface area contributed by atoms with Gasteiger partial charge in [-0.25, -0.2) is 14.8 Å². The molecule has 0 saturated carbocycles. The van der Waals surface area contributed by atoms with Gasteiger partial charge < -0.3 is 18.9 Å². The van der Waals surface area contributed by atoms with Crippen molar-refractivity contribution in [2.45, 2.75) is 39.1 Å². The predicted octanol–water partition coefficient (Wildman–Crippen LogP) is 2.12. The minimum atomic E-state index is -0.333. The summed E-state index contributed by atoms with van der Waals surface area (Å²) < 4.78 is 25.2. The molecular formula is C25H30N6O5. The Hall–Kier alpha value is -3.70. The quantitative estimate of drug-likeness (QED) is 0.382. The Morgan fingerprint density at radius 3 is 2.25 bits per heavy atom. The number of pyridine rings is 1. The molecule has 36 heavy (non-hydrogen) atoms. The van der Waals surface area contributed by atoms with Crippen molar-refractivity contribution < 1.29 is 18.9 Å². The molecule has 3 aromatic heterocycles. The lowest BCUT2D eigenvalue weighted by Gasteiger charge is -2.35. The van der Waals surface area contributed by atoms with Crippen LogP contribution in [0.3, 0.4) is 0 Å². The molecule has 4 aromatic rings. The highest BCUT2D eigenvalue weighted by Gasteiger charge is 2.23. The molecule has 1 fully saturated rings. The van der Waals surface area contributed by atoms with Gasteiger partial charge in [-0.2, -0.15) is 9.61 Å². The molecule has 0 aliphatic carbocycles. The number of rotatable bonds is 7. The molecule has 0 spiro atoms. The Labute approximate surface area is 208 Å². The average molecular weight is 495 g/mol. The van der Waals surface area contributed by atoms with Crippen molar-refractivity contribution in [1.82, 2.24) is 29.0 Å². The number of aromatic nitrogens is 5. The van der Waals surface area contributed by atoms with E-state index in [4.69, 9.17) is 23.9 Å². The van der Waals surface area contributed by atoms with Crippen LogP contribution in [0.4, 0.5) is 0 Å². The van der Waals surface area contributed by atoms with E-state index in [0.717, 1.165) is 36.1 Å². The minimum absolute atomic E-state index is 0.175. The molecule has 0 N–H and O–H groups in total. The number of nitrogens with zero attached hydrogens (tertiary/aromatic N) is 6. The van der Waals surface area contributed by atoms with Crippen LogP contribution in [0.15, 0.2) is 35.5 Å². The zero-order valence-corrected chi connectivity index (χ0v) is 21.1. The van der Waals surface area contributed by atoms with Gasteiger partial charge in [0.15, 0.2) is 17.1 Å². The second kappa shape index (κ2) is 9.75. The number of hydrogen-bond donors (Lipinski definition) is 0. The minimum Gasteiger partial charge on any atom is -0.493 e. The molecule has 2 atom stereocenters. The summed E-state index contributed by atoms with van der Waals surface area (Å²) >= 11 is 0. The zero-order chi connectivity index (χ0) is 25.4. The summed E-state index contributed by atoms with van der Waals surface area (Å²) in [5.74, 6) is 1.51. The fraction of sp³-hybridized carbons (Fsp3) is 0.440. The van der Waals surface area contributed by atoms with Crippen molar-refractivity contribution in [1.29, 1.82) is 0 Å². The fourth-order valence-corrected chi connectivity index (χ4v) is 4.96. The maximum Gasteiger partial charge on any atom is 0.352 e. The summed E-state index contributed by atoms with van der Waals surface area (Å²) in [6.07, 6.45) is 3.56. The summed E-state index contributed by atoms with van der Waals surface area (Å²) in [6, 6.07) is 5.68. The van der Waals surface area contributed by atoms with Gasteiger partial charge in [0.1, 0.15) is 12.0 Å². The number of methoxy groups -OCH3 is 3. The number of fused-ring (bicyclic) bond motifs is 3. The van der Waals surface area contributed by atoms with Crippen LogP contribution in [0.2, 0.25) is 0 Å². The number of hydrogen-bond acceptors (Lipinski definition) is 9. The number of benzene rings is 1. The van der Waals surface area contributed by atoms with Gasteiger partial charge in [-0.05, 0) is 43.2 Å². The van der Waals surface area contributed by atoms with Crippen molar-refractivity contribution >= 4 is 16.7 Å². The Kier molecular flexibility index (Phi) is 6.50. The third-order valence-electron chi connectivity index (χ3n) is 6.35. The SMILES string of the molecule is COc1cc(Cn2c(=O)n3ncnc3c3cc(CN4CC(C)OC(C)C4)cnc32)cc(OC)c1OC. The third-order valence-corrected chi connectivity index (χ3v) is 6.35. The lowest BCUT2D eigenvalue weighted by atomic mass is 10.1. The van der Waals surface area contributed by atoms with Crippen LogP contribution in [0.1, 0.15) is 25.0 Å². The van der Waals surface area contributed by atoms with Crippen molar-refractivity contribution in [2.75, 3.05) is 34.4 Å². The Morgan fingerprint density at radius 1 is 0.917 bits per heavy atom. The highest BCUT2D eigenvalue weighted by molar-refractivity contribution is 5.89. The third kappa shape index (κ3) is 4.35. The van der Waals surface area contributed by atoms with E-state index in [1.807, 2.05) is 24.4 Å². The molecular weight excluding hydrogens is 464 g/mol. The summed E-state index contributed by atoms with van der Waals surface area (Å²) in [5.41, 5.74) is 2.50. The van der Waals surface area contributed by atoms with Gasteiger partial charge >= 0.3 is 5.69 Å². The van der Waals surface area contributed by atoms with Gasteiger partial charge in [-0.1, -0.05) is 0 Å². The van der Waals surface area contributed by atoms with E-state index in [9.17, 15) is 4.79 Å². The number of morpholine rings is 1. The highest BCUT2D eigenvalue weighted by Crippen LogP contribution is 2.38. The van der Waals surface area contributed by atoms with Gasteiger partial charge in [0, 0.05) is 25.8 Å². The van der Waals surface area contributed by atoms with E-state index in [1.54, 1.807) is 25.9 Å². The normalized spacial score (nSPS) is 18.6. The van der Waals surface area contributed by atoms with E-state index in [0.29, 0.717) is 28.5 Å². The second-order valence-electron chi connectivity index (χ2n) is 9.06. The summed E-state index contributed by atoms with van der Waals surface area (Å²) in [6.45, 7) is 6.83. The summed E-state index contributed by atoms with van der Waals surface area (Å²) in [4.78, 5) is 24.8. The molecule has 1 aromatic carbocycles. The van der Waals surface area contributed by atoms with Crippen molar-refractivity contribution in [3.8, 4) is 17.2 Å². The molecule has 11 nitrogen and oxygen atoms in total. The first-order chi connectivity index (χ1) is 17.4. The Morgan fingerprint density at radius 2 is 1.61 bits per heavy atom. The molecule has 1 aliphatic heterocycles. The average Bonchev–Trinajstić information content (AvgIpc) is 3.36. The monoisotopic (exact) mass is 494 g/mol. The fourth-order valence-electron chi connectivity index (χ4n) is 4.96. The smallest absolute Gasteiger partial charge is 0.352 e. The Bertz CT molecular complexity index is 1430. The van der Waals surface area contributed by atoms with E-state index >= 15 is 0 Å². The van der Waals surface area contributed by atoms with Crippen molar-refractivity contribution in [3.05, 3.63) is 52.3 Å². The first-order valence-corrected chi connectivity index (χ1v) is 11.8. The zero-order valence-electron chi connectivity index (χ0n) is 21.1. The lowest BCUT2D eigenvalue weighted by molar-refractivity contribution is -0.0705. The number of ether oxygens (including phenoxy) is 4. The largest absolute Gasteiger partial charge is 0.493 e. The maximum atomic E-state index is 13.4. The van der Waals surface area contributed by atoms with Crippen LogP contribution in [-0.4, -0.2) is 75.7 Å². The maximum absolute atomic E-state index is 13.4. The molecule has 2 unspecified atom stereocenters. The summed E-state index contributed by atoms with van der Waals surface area (Å²) in [5, 5.41) is 4.93. The van der Waals surface area contributed by atoms with Gasteiger partial charge in [0.2, 0.25) is 5.75 Å².